The van der Waals surface area contributed by atoms with Crippen LogP contribution < -0.4 is 10.0 Å². The molecule has 42 heavy (non-hydrogen) atoms. The summed E-state index contributed by atoms with van der Waals surface area (Å²) >= 11 is 0. The second-order valence-electron chi connectivity index (χ2n) is 10.5. The normalized spacial score (nSPS) is 13.9. The van der Waals surface area contributed by atoms with E-state index in [1.54, 1.807) is 48.4 Å². The summed E-state index contributed by atoms with van der Waals surface area (Å²) < 4.78 is 46.4. The number of ether oxygens (including phenoxy) is 1. The molecule has 2 N–H and O–H groups in total. The topological polar surface area (TPSA) is 105 Å². The van der Waals surface area contributed by atoms with Crippen molar-refractivity contribution in [3.8, 4) is 0 Å². The Hall–Kier alpha value is -3.60. The van der Waals surface area contributed by atoms with E-state index >= 15 is 0 Å². The van der Waals surface area contributed by atoms with Gasteiger partial charge in [-0.25, -0.2) is 17.5 Å². The first-order valence-electron chi connectivity index (χ1n) is 14.2. The first-order chi connectivity index (χ1) is 20.2. The third kappa shape index (κ3) is 9.47. The number of methoxy groups -OCH3 is 1. The van der Waals surface area contributed by atoms with Crippen LogP contribution >= 0.6 is 0 Å². The number of nitrogens with one attached hydrogen (secondary N) is 2. The Morgan fingerprint density at radius 3 is 2.26 bits per heavy atom. The van der Waals surface area contributed by atoms with Crippen molar-refractivity contribution in [2.75, 3.05) is 20.3 Å². The van der Waals surface area contributed by atoms with Gasteiger partial charge >= 0.3 is 0 Å². The average Bonchev–Trinajstić information content (AvgIpc) is 3.81. The number of carbonyl (C=O) groups is 2. The standard InChI is InChI=1S/C32H38FN3O5S/c1-41-21-5-20-34-32(38)30(22-25-6-3-2-4-7-25)36(23-26-8-13-27(33)14-9-26)31(37)19-12-24-10-17-29(18-11-24)42(39,40)35-28-15-16-28/h2-4,6-11,13-14,17-18,28,30,35H,5,12,15-16,19-23H2,1H3,(H,34,38). The van der Waals surface area contributed by atoms with Crippen molar-refractivity contribution in [2.45, 2.75) is 62.0 Å². The van der Waals surface area contributed by atoms with Crippen molar-refractivity contribution in [1.82, 2.24) is 14.9 Å². The van der Waals surface area contributed by atoms with Crippen molar-refractivity contribution >= 4 is 21.8 Å². The highest BCUT2D eigenvalue weighted by Gasteiger charge is 2.30. The second kappa shape index (κ2) is 15.0. The van der Waals surface area contributed by atoms with Crippen LogP contribution in [0.2, 0.25) is 0 Å². The van der Waals surface area contributed by atoms with E-state index in [4.69, 9.17) is 4.74 Å². The van der Waals surface area contributed by atoms with Gasteiger partial charge in [0.25, 0.3) is 0 Å². The van der Waals surface area contributed by atoms with E-state index in [1.165, 1.54) is 12.1 Å². The number of benzene rings is 3. The summed E-state index contributed by atoms with van der Waals surface area (Å²) in [6.07, 6.45) is 3.12. The van der Waals surface area contributed by atoms with Crippen LogP contribution in [-0.4, -0.2) is 57.5 Å². The minimum absolute atomic E-state index is 0.0143. The molecule has 1 unspecified atom stereocenters. The van der Waals surface area contributed by atoms with Gasteiger partial charge in [-0.15, -0.1) is 0 Å². The fourth-order valence-electron chi connectivity index (χ4n) is 4.61. The highest BCUT2D eigenvalue weighted by Crippen LogP contribution is 2.23. The largest absolute Gasteiger partial charge is 0.385 e. The zero-order valence-electron chi connectivity index (χ0n) is 23.8. The van der Waals surface area contributed by atoms with Crippen LogP contribution in [0.15, 0.2) is 83.8 Å². The van der Waals surface area contributed by atoms with Crippen LogP contribution in [0.3, 0.4) is 0 Å². The fourth-order valence-corrected chi connectivity index (χ4v) is 5.91. The molecular formula is C32H38FN3O5S. The van der Waals surface area contributed by atoms with Gasteiger partial charge in [-0.05, 0) is 66.6 Å². The monoisotopic (exact) mass is 595 g/mol. The van der Waals surface area contributed by atoms with Crippen LogP contribution in [0.1, 0.15) is 42.4 Å². The number of sulfonamides is 1. The van der Waals surface area contributed by atoms with Gasteiger partial charge in [0.05, 0.1) is 4.90 Å². The molecule has 3 aromatic carbocycles. The maximum atomic E-state index is 13.8. The molecule has 1 aliphatic carbocycles. The maximum Gasteiger partial charge on any atom is 0.243 e. The molecule has 3 aromatic rings. The van der Waals surface area contributed by atoms with Crippen molar-refractivity contribution in [1.29, 1.82) is 0 Å². The number of hydrogen-bond donors (Lipinski definition) is 2. The maximum absolute atomic E-state index is 13.8. The summed E-state index contributed by atoms with van der Waals surface area (Å²) in [4.78, 5) is 29.1. The van der Waals surface area contributed by atoms with Crippen molar-refractivity contribution < 1.29 is 27.1 Å². The quantitative estimate of drug-likeness (QED) is 0.244. The number of rotatable bonds is 16. The van der Waals surface area contributed by atoms with Gasteiger partial charge in [0.2, 0.25) is 21.8 Å². The molecule has 224 valence electrons. The van der Waals surface area contributed by atoms with Gasteiger partial charge in [0, 0.05) is 45.7 Å². The van der Waals surface area contributed by atoms with Crippen LogP contribution in [0.5, 0.6) is 0 Å². The zero-order chi connectivity index (χ0) is 30.0. The van der Waals surface area contributed by atoms with Gasteiger partial charge in [0.15, 0.2) is 0 Å². The van der Waals surface area contributed by atoms with E-state index < -0.39 is 16.1 Å². The summed E-state index contributed by atoms with van der Waals surface area (Å²) in [5.74, 6) is -0.895. The summed E-state index contributed by atoms with van der Waals surface area (Å²) in [5.41, 5.74) is 2.41. The Balaban J connectivity index is 1.52. The third-order valence-corrected chi connectivity index (χ3v) is 8.66. The van der Waals surface area contributed by atoms with Crippen LogP contribution in [-0.2, 0) is 43.7 Å². The van der Waals surface area contributed by atoms with Crippen LogP contribution in [0.25, 0.3) is 0 Å². The molecule has 2 amide bonds. The second-order valence-corrected chi connectivity index (χ2v) is 12.2. The molecule has 0 bridgehead atoms. The lowest BCUT2D eigenvalue weighted by Gasteiger charge is -2.31. The van der Waals surface area contributed by atoms with E-state index in [0.29, 0.717) is 38.0 Å². The molecule has 0 saturated heterocycles. The highest BCUT2D eigenvalue weighted by atomic mass is 32.2. The molecule has 0 spiro atoms. The molecule has 1 atom stereocenters. The van der Waals surface area contributed by atoms with Crippen molar-refractivity contribution in [3.63, 3.8) is 0 Å². The molecule has 1 aliphatic rings. The smallest absolute Gasteiger partial charge is 0.243 e. The predicted molar refractivity (Wildman–Crippen MR) is 158 cm³/mol. The summed E-state index contributed by atoms with van der Waals surface area (Å²) in [7, 11) is -1.96. The lowest BCUT2D eigenvalue weighted by molar-refractivity contribution is -0.141. The van der Waals surface area contributed by atoms with Gasteiger partial charge in [0.1, 0.15) is 11.9 Å². The zero-order valence-corrected chi connectivity index (χ0v) is 24.6. The van der Waals surface area contributed by atoms with Crippen LogP contribution in [0.4, 0.5) is 4.39 Å². The first-order valence-corrected chi connectivity index (χ1v) is 15.7. The first kappa shape index (κ1) is 31.3. The summed E-state index contributed by atoms with van der Waals surface area (Å²) in [6.45, 7) is 1.03. The average molecular weight is 596 g/mol. The number of amides is 2. The molecular weight excluding hydrogens is 557 g/mol. The number of halogens is 1. The molecule has 0 radical (unpaired) electrons. The van der Waals surface area contributed by atoms with Crippen LogP contribution in [0, 0.1) is 5.82 Å². The number of aryl methyl sites for hydroxylation is 1. The van der Waals surface area contributed by atoms with Gasteiger partial charge < -0.3 is 15.0 Å². The van der Waals surface area contributed by atoms with Gasteiger partial charge in [-0.1, -0.05) is 54.6 Å². The molecule has 1 fully saturated rings. The molecule has 0 aliphatic heterocycles. The minimum atomic E-state index is -3.56. The van der Waals surface area contributed by atoms with Gasteiger partial charge in [-0.2, -0.15) is 0 Å². The molecule has 8 nitrogen and oxygen atoms in total. The minimum Gasteiger partial charge on any atom is -0.385 e. The van der Waals surface area contributed by atoms with E-state index in [-0.39, 0.29) is 41.5 Å². The Kier molecular flexibility index (Phi) is 11.2. The summed E-state index contributed by atoms with van der Waals surface area (Å²) in [5, 5.41) is 2.94. The molecule has 10 heteroatoms. The van der Waals surface area contributed by atoms with E-state index in [2.05, 4.69) is 10.0 Å². The van der Waals surface area contributed by atoms with Crippen molar-refractivity contribution in [2.24, 2.45) is 0 Å². The summed E-state index contributed by atoms with van der Waals surface area (Å²) in [6, 6.07) is 21.1. The number of hydrogen-bond acceptors (Lipinski definition) is 5. The lowest BCUT2D eigenvalue weighted by atomic mass is 10.0. The number of nitrogens with zero attached hydrogens (tertiary/aromatic N) is 1. The highest BCUT2D eigenvalue weighted by molar-refractivity contribution is 7.89. The predicted octanol–water partition coefficient (Wildman–Crippen LogP) is 3.99. The number of carbonyl (C=O) groups excluding carboxylic acids is 2. The fraction of sp³-hybridized carbons (Fsp3) is 0.375. The Bertz CT molecular complexity index is 1410. The SMILES string of the molecule is COCCCNC(=O)C(Cc1ccccc1)N(Cc1ccc(F)cc1)C(=O)CCc1ccc(S(=O)(=O)NC2CC2)cc1. The Morgan fingerprint density at radius 2 is 1.62 bits per heavy atom. The van der Waals surface area contributed by atoms with E-state index in [9.17, 15) is 22.4 Å². The van der Waals surface area contributed by atoms with Crippen molar-refractivity contribution in [3.05, 3.63) is 101 Å². The Labute approximate surface area is 247 Å². The van der Waals surface area contributed by atoms with E-state index in [1.807, 2.05) is 30.3 Å². The lowest BCUT2D eigenvalue weighted by Crippen LogP contribution is -2.50. The Morgan fingerprint density at radius 1 is 0.952 bits per heavy atom. The third-order valence-electron chi connectivity index (χ3n) is 7.12. The molecule has 0 aromatic heterocycles. The molecule has 1 saturated carbocycles. The molecule has 0 heterocycles. The van der Waals surface area contributed by atoms with Gasteiger partial charge in [-0.3, -0.25) is 9.59 Å². The molecule has 4 rings (SSSR count). The van der Waals surface area contributed by atoms with E-state index in [0.717, 1.165) is 24.0 Å².